The molecule has 0 aliphatic carbocycles. The molecule has 2 aromatic carbocycles. The second-order valence-corrected chi connectivity index (χ2v) is 6.57. The monoisotopic (exact) mass is 371 g/mol. The van der Waals surface area contributed by atoms with Gasteiger partial charge in [0.15, 0.2) is 11.5 Å². The van der Waals surface area contributed by atoms with Gasteiger partial charge in [-0.25, -0.2) is 0 Å². The molecular formula is C21H27N2O4+. The number of carbonyl (C=O) groups excluding carboxylic acids is 1. The van der Waals surface area contributed by atoms with E-state index < -0.39 is 0 Å². The van der Waals surface area contributed by atoms with E-state index in [1.165, 1.54) is 4.90 Å². The van der Waals surface area contributed by atoms with E-state index in [2.05, 4.69) is 6.07 Å². The summed E-state index contributed by atoms with van der Waals surface area (Å²) in [5, 5.41) is 0. The average molecular weight is 371 g/mol. The molecule has 0 aromatic heterocycles. The highest BCUT2D eigenvalue weighted by atomic mass is 16.5. The molecule has 1 fully saturated rings. The zero-order valence-corrected chi connectivity index (χ0v) is 16.2. The van der Waals surface area contributed by atoms with E-state index >= 15 is 0 Å². The molecule has 1 amide bonds. The van der Waals surface area contributed by atoms with Gasteiger partial charge < -0.3 is 24.0 Å². The Kier molecular flexibility index (Phi) is 6.19. The minimum Gasteiger partial charge on any atom is -0.496 e. The smallest absolute Gasteiger partial charge is 0.258 e. The normalized spacial score (nSPS) is 14.7. The van der Waals surface area contributed by atoms with E-state index in [1.54, 1.807) is 21.3 Å². The molecule has 1 N–H and O–H groups in total. The third-order valence-electron chi connectivity index (χ3n) is 5.02. The van der Waals surface area contributed by atoms with Crippen LogP contribution < -0.4 is 19.1 Å². The number of quaternary nitrogens is 1. The summed E-state index contributed by atoms with van der Waals surface area (Å²) in [5.41, 5.74) is 1.74. The highest BCUT2D eigenvalue weighted by Gasteiger charge is 2.27. The zero-order chi connectivity index (χ0) is 19.2. The first-order valence-electron chi connectivity index (χ1n) is 9.13. The van der Waals surface area contributed by atoms with Gasteiger partial charge in [0, 0.05) is 0 Å². The third-order valence-corrected chi connectivity index (χ3v) is 5.02. The van der Waals surface area contributed by atoms with E-state index in [0.29, 0.717) is 11.3 Å². The Labute approximate surface area is 160 Å². The van der Waals surface area contributed by atoms with Gasteiger partial charge in [0.1, 0.15) is 12.3 Å². The van der Waals surface area contributed by atoms with E-state index in [0.717, 1.165) is 49.8 Å². The van der Waals surface area contributed by atoms with E-state index in [9.17, 15) is 4.79 Å². The molecule has 1 aliphatic heterocycles. The molecule has 6 nitrogen and oxygen atoms in total. The van der Waals surface area contributed by atoms with E-state index in [1.807, 2.05) is 41.3 Å². The summed E-state index contributed by atoms with van der Waals surface area (Å²) in [6.07, 6.45) is 0. The Morgan fingerprint density at radius 1 is 0.926 bits per heavy atom. The molecule has 1 heterocycles. The van der Waals surface area contributed by atoms with Crippen LogP contribution in [0.3, 0.4) is 0 Å². The number of rotatable bonds is 6. The number of piperazine rings is 1. The van der Waals surface area contributed by atoms with Crippen molar-refractivity contribution in [2.75, 3.05) is 47.5 Å². The molecule has 3 rings (SSSR count). The molecule has 6 heteroatoms. The van der Waals surface area contributed by atoms with Crippen molar-refractivity contribution in [2.24, 2.45) is 0 Å². The summed E-state index contributed by atoms with van der Waals surface area (Å²) in [7, 11) is 4.91. The first-order chi connectivity index (χ1) is 13.2. The number of benzene rings is 2. The van der Waals surface area contributed by atoms with Gasteiger partial charge in [-0.3, -0.25) is 4.79 Å². The number of nitrogens with one attached hydrogen (secondary N) is 1. The molecule has 1 saturated heterocycles. The van der Waals surface area contributed by atoms with Crippen LogP contribution in [0.15, 0.2) is 42.5 Å². The number of hydrogen-bond acceptors (Lipinski definition) is 4. The Morgan fingerprint density at radius 2 is 1.59 bits per heavy atom. The van der Waals surface area contributed by atoms with E-state index in [4.69, 9.17) is 14.2 Å². The van der Waals surface area contributed by atoms with Gasteiger partial charge in [-0.05, 0) is 24.3 Å². The van der Waals surface area contributed by atoms with Crippen LogP contribution >= 0.6 is 0 Å². The first-order valence-corrected chi connectivity index (χ1v) is 9.13. The lowest BCUT2D eigenvalue weighted by molar-refractivity contribution is -0.917. The quantitative estimate of drug-likeness (QED) is 0.831. The molecule has 0 unspecified atom stereocenters. The van der Waals surface area contributed by atoms with Crippen LogP contribution in [0.1, 0.15) is 15.9 Å². The molecular weight excluding hydrogens is 344 g/mol. The van der Waals surface area contributed by atoms with Gasteiger partial charge >= 0.3 is 0 Å². The number of amides is 1. The molecule has 27 heavy (non-hydrogen) atoms. The summed E-state index contributed by atoms with van der Waals surface area (Å²) in [5.74, 6) is 2.20. The average Bonchev–Trinajstić information content (AvgIpc) is 2.73. The maximum Gasteiger partial charge on any atom is 0.258 e. The molecule has 0 radical (unpaired) electrons. The Morgan fingerprint density at radius 3 is 2.26 bits per heavy atom. The minimum absolute atomic E-state index is 0.0328. The first kappa shape index (κ1) is 19.0. The standard InChI is InChI=1S/C21H26N2O4/c1-25-18-9-5-4-8-17(18)21(24)23-13-11-22(12-14-23)15-16-7-6-10-19(26-2)20(16)27-3/h4-10H,11-15H2,1-3H3/p+1. The van der Waals surface area contributed by atoms with Crippen LogP contribution in [0.5, 0.6) is 17.2 Å². The molecule has 0 saturated carbocycles. The number of nitrogens with zero attached hydrogens (tertiary/aromatic N) is 1. The highest BCUT2D eigenvalue weighted by molar-refractivity contribution is 5.97. The topological polar surface area (TPSA) is 52.4 Å². The number of ether oxygens (including phenoxy) is 3. The second-order valence-electron chi connectivity index (χ2n) is 6.57. The van der Waals surface area contributed by atoms with Gasteiger partial charge in [-0.2, -0.15) is 0 Å². The maximum atomic E-state index is 12.8. The van der Waals surface area contributed by atoms with Crippen molar-refractivity contribution in [3.8, 4) is 17.2 Å². The molecule has 1 aliphatic rings. The van der Waals surface area contributed by atoms with Crippen LogP contribution in [-0.2, 0) is 6.54 Å². The van der Waals surface area contributed by atoms with Gasteiger partial charge in [0.2, 0.25) is 0 Å². The van der Waals surface area contributed by atoms with E-state index in [-0.39, 0.29) is 5.91 Å². The fourth-order valence-electron chi connectivity index (χ4n) is 3.56. The SMILES string of the molecule is COc1ccccc1C(=O)N1CC[NH+](Cc2cccc(OC)c2OC)CC1. The second kappa shape index (κ2) is 8.77. The van der Waals surface area contributed by atoms with Crippen molar-refractivity contribution in [3.05, 3.63) is 53.6 Å². The highest BCUT2D eigenvalue weighted by Crippen LogP contribution is 2.30. The Bertz CT molecular complexity index is 786. The van der Waals surface area contributed by atoms with Gasteiger partial charge in [-0.1, -0.05) is 18.2 Å². The molecule has 144 valence electrons. The number of hydrogen-bond donors (Lipinski definition) is 1. The van der Waals surface area contributed by atoms with Crippen molar-refractivity contribution < 1.29 is 23.9 Å². The van der Waals surface area contributed by atoms with Crippen molar-refractivity contribution in [2.45, 2.75) is 6.54 Å². The van der Waals surface area contributed by atoms with Crippen molar-refractivity contribution in [1.82, 2.24) is 4.90 Å². The predicted molar refractivity (Wildman–Crippen MR) is 103 cm³/mol. The third kappa shape index (κ3) is 4.17. The molecule has 0 atom stereocenters. The lowest BCUT2D eigenvalue weighted by atomic mass is 10.1. The summed E-state index contributed by atoms with van der Waals surface area (Å²) in [6, 6.07) is 13.3. The number of methoxy groups -OCH3 is 3. The lowest BCUT2D eigenvalue weighted by Crippen LogP contribution is -3.13. The van der Waals surface area contributed by atoms with Gasteiger partial charge in [-0.15, -0.1) is 0 Å². The Hall–Kier alpha value is -2.73. The van der Waals surface area contributed by atoms with Crippen LogP contribution in [0.25, 0.3) is 0 Å². The van der Waals surface area contributed by atoms with Gasteiger partial charge in [0.05, 0.1) is 58.6 Å². The fraction of sp³-hybridized carbons (Fsp3) is 0.381. The Balaban J connectivity index is 1.63. The summed E-state index contributed by atoms with van der Waals surface area (Å²) in [4.78, 5) is 16.2. The minimum atomic E-state index is 0.0328. The molecule has 2 aromatic rings. The number of para-hydroxylation sites is 2. The lowest BCUT2D eigenvalue weighted by Gasteiger charge is -2.32. The number of carbonyl (C=O) groups is 1. The molecule has 0 bridgehead atoms. The van der Waals surface area contributed by atoms with Crippen LogP contribution in [0.2, 0.25) is 0 Å². The van der Waals surface area contributed by atoms with Crippen LogP contribution in [0, 0.1) is 0 Å². The van der Waals surface area contributed by atoms with Crippen molar-refractivity contribution in [1.29, 1.82) is 0 Å². The maximum absolute atomic E-state index is 12.8. The summed E-state index contributed by atoms with van der Waals surface area (Å²) < 4.78 is 16.2. The summed E-state index contributed by atoms with van der Waals surface area (Å²) in [6.45, 7) is 4.07. The van der Waals surface area contributed by atoms with Gasteiger partial charge in [0.25, 0.3) is 5.91 Å². The van der Waals surface area contributed by atoms with Crippen LogP contribution in [-0.4, -0.2) is 58.3 Å². The molecule has 0 spiro atoms. The van der Waals surface area contributed by atoms with Crippen LogP contribution in [0.4, 0.5) is 0 Å². The fourth-order valence-corrected chi connectivity index (χ4v) is 3.56. The summed E-state index contributed by atoms with van der Waals surface area (Å²) >= 11 is 0. The van der Waals surface area contributed by atoms with Crippen molar-refractivity contribution >= 4 is 5.91 Å². The van der Waals surface area contributed by atoms with Crippen molar-refractivity contribution in [3.63, 3.8) is 0 Å². The zero-order valence-electron chi connectivity index (χ0n) is 16.2. The largest absolute Gasteiger partial charge is 0.496 e. The predicted octanol–water partition coefficient (Wildman–Crippen LogP) is 1.25.